The van der Waals surface area contributed by atoms with Crippen LogP contribution < -0.4 is 17.0 Å². The molecule has 0 saturated carbocycles. The summed E-state index contributed by atoms with van der Waals surface area (Å²) in [5.74, 6) is -1.08. The van der Waals surface area contributed by atoms with Gasteiger partial charge in [0.15, 0.2) is 40.4 Å². The van der Waals surface area contributed by atoms with Crippen molar-refractivity contribution in [3.05, 3.63) is 40.9 Å². The van der Waals surface area contributed by atoms with Gasteiger partial charge in [0.05, 0.1) is 12.9 Å². The number of aliphatic hydroxyl groups excluding tert-OH is 1. The van der Waals surface area contributed by atoms with E-state index in [0.29, 0.717) is 11.4 Å². The fourth-order valence-corrected chi connectivity index (χ4v) is 8.36. The fraction of sp³-hybridized carbons (Fsp3) is 0.429. The molecule has 46 heavy (non-hydrogen) atoms. The Morgan fingerprint density at radius 3 is 2.63 bits per heavy atom. The zero-order chi connectivity index (χ0) is 32.5. The molecule has 1 fully saturated rings. The first kappa shape index (κ1) is 31.4. The van der Waals surface area contributed by atoms with Crippen molar-refractivity contribution in [1.82, 2.24) is 39.0 Å². The molecule has 0 aliphatic carbocycles. The molecule has 7 rings (SSSR count). The van der Waals surface area contributed by atoms with E-state index in [1.54, 1.807) is 0 Å². The molecular weight excluding hydrogens is 697 g/mol. The van der Waals surface area contributed by atoms with Gasteiger partial charge < -0.3 is 40.0 Å². The minimum atomic E-state index is -4.31. The zero-order valence-corrected chi connectivity index (χ0v) is 26.6. The van der Waals surface area contributed by atoms with E-state index >= 15 is 4.39 Å². The number of aliphatic hydroxyl groups is 1. The lowest BCUT2D eigenvalue weighted by atomic mass is 10.1. The Labute approximate surface area is 264 Å². The maximum atomic E-state index is 16.1. The van der Waals surface area contributed by atoms with Crippen LogP contribution in [0.1, 0.15) is 12.5 Å². The number of imidazole rings is 2. The van der Waals surface area contributed by atoms with Crippen molar-refractivity contribution in [2.75, 3.05) is 30.9 Å². The van der Waals surface area contributed by atoms with Crippen LogP contribution in [0.5, 0.6) is 0 Å². The number of alkyl halides is 1. The summed E-state index contributed by atoms with van der Waals surface area (Å²) in [7, 11) is 0. The molecule has 20 nitrogen and oxygen atoms in total. The molecule has 4 aromatic rings. The number of hydrogen-bond donors (Lipinski definition) is 5. The molecule has 0 radical (unpaired) electrons. The molecule has 8 atom stereocenters. The smallest absolute Gasteiger partial charge is 0.439 e. The molecule has 0 spiro atoms. The van der Waals surface area contributed by atoms with E-state index in [-0.39, 0.29) is 39.9 Å². The summed E-state index contributed by atoms with van der Waals surface area (Å²) < 4.78 is 66.7. The molecule has 25 heteroatoms. The largest absolute Gasteiger partial charge is 0.465 e. The van der Waals surface area contributed by atoms with Gasteiger partial charge in [0.1, 0.15) is 43.1 Å². The second-order valence-corrected chi connectivity index (χ2v) is 16.9. The highest BCUT2D eigenvalue weighted by Gasteiger charge is 2.51. The number of halogens is 1. The number of nitrogens with zero attached hydrogens (tertiary/aromatic N) is 7. The number of hydrogen-bond acceptors (Lipinski definition) is 18. The molecular formula is C21H23FN10O10P2S2. The first-order valence-corrected chi connectivity index (χ1v) is 19.0. The van der Waals surface area contributed by atoms with Crippen LogP contribution in [0.2, 0.25) is 0 Å². The van der Waals surface area contributed by atoms with E-state index in [9.17, 15) is 19.4 Å². The van der Waals surface area contributed by atoms with Crippen LogP contribution in [0.25, 0.3) is 22.3 Å². The van der Waals surface area contributed by atoms with Gasteiger partial charge in [-0.1, -0.05) is 0 Å². The maximum Gasteiger partial charge on any atom is 0.439 e. The lowest BCUT2D eigenvalue weighted by molar-refractivity contribution is -0.0470. The Morgan fingerprint density at radius 1 is 1.13 bits per heavy atom. The standard InChI is InChI=1S/C21H23FN10O10P2S2/c1-46-44(36)38-2-7-12(33)14(20(39-7)32-6-28-11-17(32)29-21(24)30-18(11)34)41-43(35,45)37-3-8-13(42-44)9(22)19(40-8)31-5-27-10-15(23)25-4-26-16(10)31/h4-7,9,12,14,19-20,33H,2-3H2,1H3,(H,35,45)(H2,23,25,26)(H3,24,29,30,34). The quantitative estimate of drug-likeness (QED) is 0.181. The van der Waals surface area contributed by atoms with Gasteiger partial charge in [-0.2, -0.15) is 4.98 Å². The predicted molar refractivity (Wildman–Crippen MR) is 160 cm³/mol. The average molecular weight is 721 g/mol. The van der Waals surface area contributed by atoms with E-state index in [0.717, 1.165) is 6.33 Å². The van der Waals surface area contributed by atoms with E-state index < -0.39 is 75.0 Å². The molecule has 7 N–H and O–H groups in total. The minimum absolute atomic E-state index is 0.0340. The molecule has 4 aromatic heterocycles. The predicted octanol–water partition coefficient (Wildman–Crippen LogP) is 0.597. The number of ether oxygens (including phenoxy) is 2. The third kappa shape index (κ3) is 5.35. The van der Waals surface area contributed by atoms with Crippen LogP contribution in [0.4, 0.5) is 16.2 Å². The summed E-state index contributed by atoms with van der Waals surface area (Å²) >= 11 is 5.87. The fourth-order valence-electron chi connectivity index (χ4n) is 5.06. The lowest BCUT2D eigenvalue weighted by Crippen LogP contribution is -2.35. The molecule has 8 unspecified atom stereocenters. The summed E-state index contributed by atoms with van der Waals surface area (Å²) in [5.41, 5.74) is 11.1. The normalized spacial score (nSPS) is 33.7. The monoisotopic (exact) mass is 720 g/mol. The number of aromatic nitrogens is 8. The SMILES string of the molecule is CSP1(=O)OCC2OC(n3cnc4c(=O)[nH]c(N)nc43)C(OP(O)(=S)OCC3=C(O1)C(F)C(n1cnc4c(N)ncnc41)O3)C2O. The second kappa shape index (κ2) is 11.5. The average Bonchev–Trinajstić information content (AvgIpc) is 3.77. The van der Waals surface area contributed by atoms with Gasteiger partial charge in [0.2, 0.25) is 18.3 Å². The number of aromatic amines is 1. The van der Waals surface area contributed by atoms with Crippen molar-refractivity contribution < 1.29 is 46.5 Å². The van der Waals surface area contributed by atoms with Crippen molar-refractivity contribution >= 4 is 70.8 Å². The second-order valence-electron chi connectivity index (χ2n) is 9.94. The number of rotatable bonds is 3. The van der Waals surface area contributed by atoms with Gasteiger partial charge in [-0.05, 0) is 29.4 Å². The molecule has 0 aromatic carbocycles. The lowest BCUT2D eigenvalue weighted by Gasteiger charge is -2.26. The maximum absolute atomic E-state index is 16.1. The van der Waals surface area contributed by atoms with Gasteiger partial charge in [-0.15, -0.1) is 0 Å². The molecule has 3 aliphatic heterocycles. The van der Waals surface area contributed by atoms with Crippen molar-refractivity contribution in [3.63, 3.8) is 0 Å². The molecule has 2 bridgehead atoms. The third-order valence-corrected chi connectivity index (χ3v) is 11.9. The van der Waals surface area contributed by atoms with E-state index in [1.807, 2.05) is 0 Å². The highest BCUT2D eigenvalue weighted by atomic mass is 32.7. The van der Waals surface area contributed by atoms with Crippen molar-refractivity contribution in [3.8, 4) is 0 Å². The zero-order valence-electron chi connectivity index (χ0n) is 23.1. The number of nitrogens with one attached hydrogen (secondary N) is 1. The summed E-state index contributed by atoms with van der Waals surface area (Å²) in [6.45, 7) is -9.84. The number of nitrogen functional groups attached to an aromatic ring is 2. The summed E-state index contributed by atoms with van der Waals surface area (Å²) in [6, 6.07) is 0. The Morgan fingerprint density at radius 2 is 1.87 bits per heavy atom. The first-order valence-electron chi connectivity index (χ1n) is 13.1. The molecule has 3 aliphatic rings. The topological polar surface area (TPSA) is 272 Å². The van der Waals surface area contributed by atoms with Gasteiger partial charge in [-0.25, -0.2) is 28.9 Å². The van der Waals surface area contributed by atoms with E-state index in [4.69, 9.17) is 50.8 Å². The Hall–Kier alpha value is -3.24. The van der Waals surface area contributed by atoms with Crippen molar-refractivity contribution in [2.45, 2.75) is 36.9 Å². The molecule has 1 saturated heterocycles. The van der Waals surface area contributed by atoms with Crippen LogP contribution in [0.3, 0.4) is 0 Å². The van der Waals surface area contributed by atoms with Gasteiger partial charge in [0, 0.05) is 0 Å². The summed E-state index contributed by atoms with van der Waals surface area (Å²) in [6.07, 6.45) is -4.27. The molecule has 7 heterocycles. The molecule has 0 amide bonds. The van der Waals surface area contributed by atoms with Gasteiger partial charge in [0.25, 0.3) is 5.56 Å². The van der Waals surface area contributed by atoms with Crippen molar-refractivity contribution in [1.29, 1.82) is 0 Å². The van der Waals surface area contributed by atoms with Gasteiger partial charge in [-0.3, -0.25) is 28.0 Å². The van der Waals surface area contributed by atoms with E-state index in [1.165, 1.54) is 28.0 Å². The Balaban J connectivity index is 1.23. The minimum Gasteiger partial charge on any atom is -0.465 e. The van der Waals surface area contributed by atoms with Crippen LogP contribution in [0, 0.1) is 0 Å². The van der Waals surface area contributed by atoms with Crippen LogP contribution in [0.15, 0.2) is 35.3 Å². The Kier molecular flexibility index (Phi) is 7.82. The van der Waals surface area contributed by atoms with E-state index in [2.05, 4.69) is 29.9 Å². The highest BCUT2D eigenvalue weighted by molar-refractivity contribution is 8.54. The Bertz CT molecular complexity index is 2040. The number of anilines is 2. The van der Waals surface area contributed by atoms with Gasteiger partial charge >= 0.3 is 13.5 Å². The van der Waals surface area contributed by atoms with Crippen LogP contribution in [-0.4, -0.2) is 93.0 Å². The van der Waals surface area contributed by atoms with Crippen LogP contribution in [-0.2, 0) is 43.9 Å². The summed E-state index contributed by atoms with van der Waals surface area (Å²) in [5, 5.41) is 11.2. The summed E-state index contributed by atoms with van der Waals surface area (Å²) in [4.78, 5) is 46.0. The first-order chi connectivity index (χ1) is 21.9. The van der Waals surface area contributed by atoms with Crippen molar-refractivity contribution in [2.24, 2.45) is 0 Å². The third-order valence-electron chi connectivity index (χ3n) is 7.18. The number of fused-ring (bicyclic) bond motifs is 4. The highest BCUT2D eigenvalue weighted by Crippen LogP contribution is 2.63. The number of nitrogens with two attached hydrogens (primary N) is 2. The van der Waals surface area contributed by atoms with Crippen LogP contribution >= 0.6 is 24.9 Å². The number of H-pyrrole nitrogens is 1. The molecule has 246 valence electrons.